The summed E-state index contributed by atoms with van der Waals surface area (Å²) >= 11 is 0. The van der Waals surface area contributed by atoms with Gasteiger partial charge in [0.15, 0.2) is 0 Å². The predicted octanol–water partition coefficient (Wildman–Crippen LogP) is 4.69. The van der Waals surface area contributed by atoms with E-state index in [9.17, 15) is 9.59 Å². The third-order valence-electron chi connectivity index (χ3n) is 3.62. The van der Waals surface area contributed by atoms with E-state index in [4.69, 9.17) is 5.73 Å². The normalized spacial score (nSPS) is 11.1. The van der Waals surface area contributed by atoms with Crippen LogP contribution in [0.3, 0.4) is 0 Å². The molecule has 0 atom stereocenters. The molecule has 0 unspecified atom stereocenters. The summed E-state index contributed by atoms with van der Waals surface area (Å²) in [5, 5.41) is 0. The Morgan fingerprint density at radius 2 is 1.43 bits per heavy atom. The predicted molar refractivity (Wildman–Crippen MR) is 89.0 cm³/mol. The third kappa shape index (κ3) is 16.8. The van der Waals surface area contributed by atoms with Crippen LogP contribution in [0.25, 0.3) is 0 Å². The van der Waals surface area contributed by atoms with E-state index in [-0.39, 0.29) is 5.91 Å². The lowest BCUT2D eigenvalue weighted by Gasteiger charge is -1.99. The van der Waals surface area contributed by atoms with E-state index in [1.807, 2.05) is 6.08 Å². The number of unbranched alkanes of at least 4 members (excludes halogenated alkanes) is 8. The molecule has 2 N–H and O–H groups in total. The van der Waals surface area contributed by atoms with Crippen LogP contribution in [-0.2, 0) is 9.59 Å². The molecule has 122 valence electrons. The van der Waals surface area contributed by atoms with Gasteiger partial charge in [-0.3, -0.25) is 9.59 Å². The van der Waals surface area contributed by atoms with Crippen molar-refractivity contribution in [1.29, 1.82) is 0 Å². The van der Waals surface area contributed by atoms with Crippen LogP contribution in [0.15, 0.2) is 12.2 Å². The number of hydrogen-bond acceptors (Lipinski definition) is 2. The van der Waals surface area contributed by atoms with Crippen molar-refractivity contribution >= 4 is 11.7 Å². The Labute approximate surface area is 130 Å². The Bertz CT molecular complexity index is 298. The van der Waals surface area contributed by atoms with Crippen molar-refractivity contribution in [3.05, 3.63) is 12.2 Å². The summed E-state index contributed by atoms with van der Waals surface area (Å²) in [6.07, 6.45) is 17.3. The molecule has 0 saturated carbocycles. The molecule has 0 fully saturated rings. The SMILES string of the molecule is CCCCCCC(=O)C/C=C/CCCCCCCC(N)=O. The number of hydrogen-bond donors (Lipinski definition) is 1. The number of amides is 1. The summed E-state index contributed by atoms with van der Waals surface area (Å²) in [4.78, 5) is 22.1. The number of primary amides is 1. The Kier molecular flexibility index (Phi) is 14.5. The number of carbonyl (C=O) groups excluding carboxylic acids is 2. The molecular weight excluding hydrogens is 262 g/mol. The molecule has 0 aliphatic carbocycles. The topological polar surface area (TPSA) is 60.2 Å². The average Bonchev–Trinajstić information content (AvgIpc) is 2.45. The van der Waals surface area contributed by atoms with Gasteiger partial charge in [-0.05, 0) is 25.7 Å². The van der Waals surface area contributed by atoms with Gasteiger partial charge < -0.3 is 5.73 Å². The summed E-state index contributed by atoms with van der Waals surface area (Å²) < 4.78 is 0. The van der Waals surface area contributed by atoms with Gasteiger partial charge in [-0.2, -0.15) is 0 Å². The number of Topliss-reactive ketones (excluding diaryl/α,β-unsaturated/α-hetero) is 1. The van der Waals surface area contributed by atoms with E-state index >= 15 is 0 Å². The molecule has 0 aromatic heterocycles. The van der Waals surface area contributed by atoms with E-state index < -0.39 is 0 Å². The molecule has 3 nitrogen and oxygen atoms in total. The minimum Gasteiger partial charge on any atom is -0.370 e. The molecule has 0 aromatic rings. The zero-order valence-electron chi connectivity index (χ0n) is 13.7. The number of nitrogens with two attached hydrogens (primary N) is 1. The zero-order chi connectivity index (χ0) is 15.8. The van der Waals surface area contributed by atoms with Crippen molar-refractivity contribution in [3.63, 3.8) is 0 Å². The molecule has 0 aromatic carbocycles. The van der Waals surface area contributed by atoms with Crippen molar-refractivity contribution in [2.75, 3.05) is 0 Å². The molecule has 0 rings (SSSR count). The minimum atomic E-state index is -0.197. The maximum atomic E-state index is 11.6. The lowest BCUT2D eigenvalue weighted by molar-refractivity contribution is -0.119. The minimum absolute atomic E-state index is 0.197. The van der Waals surface area contributed by atoms with Crippen LogP contribution in [-0.4, -0.2) is 11.7 Å². The molecule has 3 heteroatoms. The maximum Gasteiger partial charge on any atom is 0.217 e. The van der Waals surface area contributed by atoms with Crippen LogP contribution in [0.1, 0.15) is 90.4 Å². The fourth-order valence-corrected chi connectivity index (χ4v) is 2.28. The largest absolute Gasteiger partial charge is 0.370 e. The summed E-state index contributed by atoms with van der Waals surface area (Å²) in [5.41, 5.74) is 5.08. The van der Waals surface area contributed by atoms with E-state index in [0.717, 1.165) is 44.9 Å². The van der Waals surface area contributed by atoms with Crippen LogP contribution in [0.5, 0.6) is 0 Å². The molecule has 0 heterocycles. The van der Waals surface area contributed by atoms with Crippen molar-refractivity contribution < 1.29 is 9.59 Å². The van der Waals surface area contributed by atoms with Gasteiger partial charge in [0, 0.05) is 19.3 Å². The lowest BCUT2D eigenvalue weighted by atomic mass is 10.1. The van der Waals surface area contributed by atoms with E-state index in [1.165, 1.54) is 25.7 Å². The van der Waals surface area contributed by atoms with E-state index in [0.29, 0.717) is 18.6 Å². The highest BCUT2D eigenvalue weighted by atomic mass is 16.1. The van der Waals surface area contributed by atoms with Gasteiger partial charge in [0.25, 0.3) is 0 Å². The first-order chi connectivity index (χ1) is 10.2. The monoisotopic (exact) mass is 295 g/mol. The number of allylic oxidation sites excluding steroid dienone is 2. The van der Waals surface area contributed by atoms with E-state index in [1.54, 1.807) is 0 Å². The van der Waals surface area contributed by atoms with Crippen molar-refractivity contribution in [3.8, 4) is 0 Å². The quantitative estimate of drug-likeness (QED) is 0.352. The Hall–Kier alpha value is -1.12. The van der Waals surface area contributed by atoms with Crippen LogP contribution >= 0.6 is 0 Å². The highest BCUT2D eigenvalue weighted by Crippen LogP contribution is 2.08. The van der Waals surface area contributed by atoms with Crippen molar-refractivity contribution in [1.82, 2.24) is 0 Å². The van der Waals surface area contributed by atoms with Gasteiger partial charge in [0.1, 0.15) is 5.78 Å². The molecule has 0 saturated heterocycles. The lowest BCUT2D eigenvalue weighted by Crippen LogP contribution is -2.09. The van der Waals surface area contributed by atoms with E-state index in [2.05, 4.69) is 13.0 Å². The second-order valence-corrected chi connectivity index (χ2v) is 5.80. The van der Waals surface area contributed by atoms with Crippen LogP contribution in [0, 0.1) is 0 Å². The zero-order valence-corrected chi connectivity index (χ0v) is 13.7. The first-order valence-corrected chi connectivity index (χ1v) is 8.61. The maximum absolute atomic E-state index is 11.6. The summed E-state index contributed by atoms with van der Waals surface area (Å²) in [6, 6.07) is 0. The molecular formula is C18H33NO2. The van der Waals surface area contributed by atoms with Gasteiger partial charge in [0.05, 0.1) is 0 Å². The summed E-state index contributed by atoms with van der Waals surface area (Å²) in [6.45, 7) is 2.18. The third-order valence-corrected chi connectivity index (χ3v) is 3.62. The number of carbonyl (C=O) groups is 2. The molecule has 21 heavy (non-hydrogen) atoms. The molecule has 0 bridgehead atoms. The van der Waals surface area contributed by atoms with Crippen LogP contribution < -0.4 is 5.73 Å². The second kappa shape index (κ2) is 15.3. The Balaban J connectivity index is 3.28. The highest BCUT2D eigenvalue weighted by molar-refractivity contribution is 5.79. The van der Waals surface area contributed by atoms with Crippen LogP contribution in [0.2, 0.25) is 0 Å². The van der Waals surface area contributed by atoms with Crippen molar-refractivity contribution in [2.24, 2.45) is 5.73 Å². The molecule has 0 aliphatic rings. The highest BCUT2D eigenvalue weighted by Gasteiger charge is 1.98. The van der Waals surface area contributed by atoms with Gasteiger partial charge in [-0.1, -0.05) is 57.6 Å². The fourth-order valence-electron chi connectivity index (χ4n) is 2.28. The van der Waals surface area contributed by atoms with Gasteiger partial charge in [-0.25, -0.2) is 0 Å². The molecule has 1 amide bonds. The summed E-state index contributed by atoms with van der Waals surface area (Å²) in [7, 11) is 0. The van der Waals surface area contributed by atoms with Crippen molar-refractivity contribution in [2.45, 2.75) is 90.4 Å². The molecule has 0 aliphatic heterocycles. The Morgan fingerprint density at radius 3 is 2.14 bits per heavy atom. The van der Waals surface area contributed by atoms with Gasteiger partial charge in [0.2, 0.25) is 5.91 Å². The molecule has 0 radical (unpaired) electrons. The summed E-state index contributed by atoms with van der Waals surface area (Å²) in [5.74, 6) is 0.172. The average molecular weight is 295 g/mol. The fraction of sp³-hybridized carbons (Fsp3) is 0.778. The smallest absolute Gasteiger partial charge is 0.217 e. The molecule has 0 spiro atoms. The number of ketones is 1. The first-order valence-electron chi connectivity index (χ1n) is 8.61. The second-order valence-electron chi connectivity index (χ2n) is 5.80. The van der Waals surface area contributed by atoms with Crippen LogP contribution in [0.4, 0.5) is 0 Å². The number of rotatable bonds is 15. The standard InChI is InChI=1S/C18H33NO2/c1-2-3-4-11-14-17(20)15-12-9-7-5-6-8-10-13-16-18(19)21/h9,12H,2-8,10-11,13-16H2,1H3,(H2,19,21)/b12-9+. The van der Waals surface area contributed by atoms with Gasteiger partial charge >= 0.3 is 0 Å². The first kappa shape index (κ1) is 19.9. The van der Waals surface area contributed by atoms with Gasteiger partial charge in [-0.15, -0.1) is 0 Å². The Morgan fingerprint density at radius 1 is 0.810 bits per heavy atom.